The summed E-state index contributed by atoms with van der Waals surface area (Å²) in [7, 11) is 0. The van der Waals surface area contributed by atoms with E-state index in [9.17, 15) is 14.0 Å². The number of carbonyl (C=O) groups is 2. The first-order chi connectivity index (χ1) is 13.1. The molecule has 2 aliphatic heterocycles. The summed E-state index contributed by atoms with van der Waals surface area (Å²) in [4.78, 5) is 26.4. The van der Waals surface area contributed by atoms with Crippen LogP contribution in [0.5, 0.6) is 5.75 Å². The first kappa shape index (κ1) is 19.6. The molecule has 0 aliphatic carbocycles. The molecule has 1 aromatic rings. The average molecular weight is 377 g/mol. The van der Waals surface area contributed by atoms with Gasteiger partial charge in [0, 0.05) is 19.6 Å². The number of halogens is 1. The number of piperidine rings is 1. The summed E-state index contributed by atoms with van der Waals surface area (Å²) in [5.74, 6) is 0.107. The molecule has 2 amide bonds. The van der Waals surface area contributed by atoms with Crippen molar-refractivity contribution in [3.8, 4) is 5.75 Å². The predicted octanol–water partition coefficient (Wildman–Crippen LogP) is 1.70. The molecule has 0 saturated carbocycles. The van der Waals surface area contributed by atoms with Gasteiger partial charge in [-0.3, -0.25) is 9.59 Å². The Balaban J connectivity index is 1.38. The summed E-state index contributed by atoms with van der Waals surface area (Å²) in [6.45, 7) is 3.04. The lowest BCUT2D eigenvalue weighted by molar-refractivity contribution is -0.133. The van der Waals surface area contributed by atoms with Crippen molar-refractivity contribution in [1.29, 1.82) is 0 Å². The predicted molar refractivity (Wildman–Crippen MR) is 99.9 cm³/mol. The molecule has 7 heteroatoms. The van der Waals surface area contributed by atoms with E-state index in [2.05, 4.69) is 10.6 Å². The summed E-state index contributed by atoms with van der Waals surface area (Å²) < 4.78 is 18.9. The number of benzene rings is 1. The summed E-state index contributed by atoms with van der Waals surface area (Å²) >= 11 is 0. The van der Waals surface area contributed by atoms with Crippen molar-refractivity contribution >= 4 is 11.8 Å². The van der Waals surface area contributed by atoms with Gasteiger partial charge in [-0.1, -0.05) is 12.1 Å². The van der Waals surface area contributed by atoms with Crippen LogP contribution in [0.1, 0.15) is 32.1 Å². The molecule has 2 unspecified atom stereocenters. The Morgan fingerprint density at radius 3 is 2.89 bits per heavy atom. The van der Waals surface area contributed by atoms with Crippen LogP contribution in [-0.4, -0.2) is 55.5 Å². The molecular formula is C20H28FN3O3. The highest BCUT2D eigenvalue weighted by Gasteiger charge is 2.26. The molecule has 148 valence electrons. The molecule has 1 aromatic carbocycles. The van der Waals surface area contributed by atoms with Crippen LogP contribution >= 0.6 is 0 Å². The van der Waals surface area contributed by atoms with Gasteiger partial charge in [-0.15, -0.1) is 0 Å². The van der Waals surface area contributed by atoms with Crippen LogP contribution in [0.4, 0.5) is 4.39 Å². The third-order valence-corrected chi connectivity index (χ3v) is 5.22. The molecule has 2 fully saturated rings. The molecule has 2 heterocycles. The fourth-order valence-corrected chi connectivity index (χ4v) is 3.70. The third kappa shape index (κ3) is 5.66. The second-order valence-corrected chi connectivity index (χ2v) is 7.27. The molecular weight excluding hydrogens is 349 g/mol. The van der Waals surface area contributed by atoms with Crippen molar-refractivity contribution in [1.82, 2.24) is 15.5 Å². The van der Waals surface area contributed by atoms with E-state index in [-0.39, 0.29) is 42.6 Å². The highest BCUT2D eigenvalue weighted by atomic mass is 19.1. The van der Waals surface area contributed by atoms with E-state index >= 15 is 0 Å². The first-order valence-corrected chi connectivity index (χ1v) is 9.79. The van der Waals surface area contributed by atoms with Crippen molar-refractivity contribution in [3.05, 3.63) is 30.1 Å². The number of likely N-dealkylation sites (tertiary alicyclic amines) is 1. The molecule has 0 bridgehead atoms. The lowest BCUT2D eigenvalue weighted by Crippen LogP contribution is -2.46. The molecule has 27 heavy (non-hydrogen) atoms. The number of ether oxygens (including phenoxy) is 1. The molecule has 2 N–H and O–H groups in total. The molecule has 6 nitrogen and oxygen atoms in total. The van der Waals surface area contributed by atoms with Gasteiger partial charge >= 0.3 is 0 Å². The van der Waals surface area contributed by atoms with Gasteiger partial charge in [0.1, 0.15) is 0 Å². The largest absolute Gasteiger partial charge is 0.490 e. The standard InChI is InChI=1S/C20H28FN3O3/c21-16-6-1-2-8-18(16)27-12-9-19(25)24-11-4-5-15(14-24)13-23-20(26)17-7-3-10-22-17/h1-2,6,8,15,17,22H,3-5,7,9-14H2,(H,23,26). The van der Waals surface area contributed by atoms with Gasteiger partial charge in [-0.2, -0.15) is 0 Å². The van der Waals surface area contributed by atoms with Gasteiger partial charge in [0.2, 0.25) is 11.8 Å². The zero-order valence-corrected chi connectivity index (χ0v) is 15.6. The number of nitrogens with zero attached hydrogens (tertiary/aromatic N) is 1. The van der Waals surface area contributed by atoms with E-state index in [1.807, 2.05) is 4.90 Å². The highest BCUT2D eigenvalue weighted by molar-refractivity contribution is 5.82. The number of nitrogens with one attached hydrogen (secondary N) is 2. The number of hydrogen-bond acceptors (Lipinski definition) is 4. The summed E-state index contributed by atoms with van der Waals surface area (Å²) in [6, 6.07) is 6.12. The summed E-state index contributed by atoms with van der Waals surface area (Å²) in [5.41, 5.74) is 0. The zero-order valence-electron chi connectivity index (χ0n) is 15.6. The van der Waals surface area contributed by atoms with Crippen LogP contribution in [0.15, 0.2) is 24.3 Å². The van der Waals surface area contributed by atoms with E-state index in [4.69, 9.17) is 4.74 Å². The molecule has 2 saturated heterocycles. The van der Waals surface area contributed by atoms with Gasteiger partial charge in [-0.25, -0.2) is 4.39 Å². The minimum atomic E-state index is -0.421. The van der Waals surface area contributed by atoms with E-state index < -0.39 is 5.82 Å². The fourth-order valence-electron chi connectivity index (χ4n) is 3.70. The maximum Gasteiger partial charge on any atom is 0.237 e. The number of carbonyl (C=O) groups excluding carboxylic acids is 2. The van der Waals surface area contributed by atoms with Gasteiger partial charge in [-0.05, 0) is 50.3 Å². The molecule has 3 rings (SSSR count). The van der Waals surface area contributed by atoms with Crippen molar-refractivity contribution in [2.75, 3.05) is 32.8 Å². The molecule has 0 aromatic heterocycles. The normalized spacial score (nSPS) is 22.5. The van der Waals surface area contributed by atoms with Gasteiger partial charge in [0.15, 0.2) is 11.6 Å². The Labute approximate surface area is 159 Å². The van der Waals surface area contributed by atoms with E-state index in [1.165, 1.54) is 6.07 Å². The van der Waals surface area contributed by atoms with E-state index in [0.717, 1.165) is 38.8 Å². The van der Waals surface area contributed by atoms with Crippen LogP contribution in [-0.2, 0) is 9.59 Å². The van der Waals surface area contributed by atoms with Crippen molar-refractivity contribution in [3.63, 3.8) is 0 Å². The lowest BCUT2D eigenvalue weighted by atomic mass is 9.97. The molecule has 0 radical (unpaired) electrons. The number of amides is 2. The smallest absolute Gasteiger partial charge is 0.237 e. The summed E-state index contributed by atoms with van der Waals surface area (Å²) in [6.07, 6.45) is 4.09. The van der Waals surface area contributed by atoms with Crippen molar-refractivity contribution in [2.24, 2.45) is 5.92 Å². The highest BCUT2D eigenvalue weighted by Crippen LogP contribution is 2.18. The zero-order chi connectivity index (χ0) is 19.1. The number of hydrogen-bond donors (Lipinski definition) is 2. The average Bonchev–Trinajstić information content (AvgIpc) is 3.23. The number of para-hydroxylation sites is 1. The van der Waals surface area contributed by atoms with Crippen LogP contribution in [0.3, 0.4) is 0 Å². The molecule has 2 atom stereocenters. The Hall–Kier alpha value is -2.15. The Morgan fingerprint density at radius 1 is 1.26 bits per heavy atom. The Morgan fingerprint density at radius 2 is 2.11 bits per heavy atom. The molecule has 2 aliphatic rings. The van der Waals surface area contributed by atoms with Crippen molar-refractivity contribution < 1.29 is 18.7 Å². The maximum atomic E-state index is 13.5. The van der Waals surface area contributed by atoms with Gasteiger partial charge in [0.25, 0.3) is 0 Å². The Kier molecular flexibility index (Phi) is 7.04. The third-order valence-electron chi connectivity index (χ3n) is 5.22. The monoisotopic (exact) mass is 377 g/mol. The molecule has 0 spiro atoms. The van der Waals surface area contributed by atoms with E-state index in [1.54, 1.807) is 18.2 Å². The first-order valence-electron chi connectivity index (χ1n) is 9.79. The quantitative estimate of drug-likeness (QED) is 0.759. The maximum absolute atomic E-state index is 13.5. The van der Waals surface area contributed by atoms with Gasteiger partial charge < -0.3 is 20.3 Å². The number of rotatable bonds is 7. The summed E-state index contributed by atoms with van der Waals surface area (Å²) in [5, 5.41) is 6.21. The van der Waals surface area contributed by atoms with Crippen molar-refractivity contribution in [2.45, 2.75) is 38.1 Å². The lowest BCUT2D eigenvalue weighted by Gasteiger charge is -2.33. The van der Waals surface area contributed by atoms with Crippen LogP contribution in [0.2, 0.25) is 0 Å². The minimum Gasteiger partial charge on any atom is -0.490 e. The minimum absolute atomic E-state index is 0.0137. The second-order valence-electron chi connectivity index (χ2n) is 7.27. The van der Waals surface area contributed by atoms with Gasteiger partial charge in [0.05, 0.1) is 19.1 Å². The van der Waals surface area contributed by atoms with E-state index in [0.29, 0.717) is 13.1 Å². The fraction of sp³-hybridized carbons (Fsp3) is 0.600. The topological polar surface area (TPSA) is 70.7 Å². The second kappa shape index (κ2) is 9.69. The van der Waals surface area contributed by atoms with Crippen LogP contribution in [0, 0.1) is 11.7 Å². The SMILES string of the molecule is O=C(NCC1CCCN(C(=O)CCOc2ccccc2F)C1)C1CCCN1. The van der Waals surface area contributed by atoms with Crippen LogP contribution < -0.4 is 15.4 Å². The van der Waals surface area contributed by atoms with Crippen LogP contribution in [0.25, 0.3) is 0 Å². The Bertz CT molecular complexity index is 649.